The van der Waals surface area contributed by atoms with Crippen LogP contribution in [0.25, 0.3) is 32.9 Å². The summed E-state index contributed by atoms with van der Waals surface area (Å²) in [6.45, 7) is 9.66. The van der Waals surface area contributed by atoms with Crippen LogP contribution in [-0.2, 0) is 28.7 Å². The van der Waals surface area contributed by atoms with Crippen LogP contribution in [0.4, 0.5) is 13.2 Å². The third-order valence-corrected chi connectivity index (χ3v) is 8.11. The lowest BCUT2D eigenvalue weighted by Gasteiger charge is -2.30. The number of nitrogens with zero attached hydrogens (tertiary/aromatic N) is 2. The van der Waals surface area contributed by atoms with Gasteiger partial charge < -0.3 is 14.0 Å². The van der Waals surface area contributed by atoms with Crippen LogP contribution in [-0.4, -0.2) is 27.5 Å². The topological polar surface area (TPSA) is 70.4 Å². The van der Waals surface area contributed by atoms with E-state index in [0.29, 0.717) is 39.7 Å². The van der Waals surface area contributed by atoms with E-state index >= 15 is 0 Å². The molecule has 0 N–H and O–H groups in total. The lowest BCUT2D eigenvalue weighted by molar-refractivity contribution is -0.139. The maximum absolute atomic E-state index is 13.4. The van der Waals surface area contributed by atoms with Crippen molar-refractivity contribution in [3.63, 3.8) is 0 Å². The van der Waals surface area contributed by atoms with Crippen molar-refractivity contribution in [2.75, 3.05) is 6.61 Å². The molecule has 1 aliphatic rings. The summed E-state index contributed by atoms with van der Waals surface area (Å²) in [7, 11) is 0. The van der Waals surface area contributed by atoms with Gasteiger partial charge in [0, 0.05) is 35.0 Å². The van der Waals surface area contributed by atoms with Gasteiger partial charge in [-0.15, -0.1) is 0 Å². The average molecular weight is 615 g/mol. The first-order valence-corrected chi connectivity index (χ1v) is 14.8. The van der Waals surface area contributed by atoms with Crippen LogP contribution < -0.4 is 10.3 Å². The average Bonchev–Trinajstić information content (AvgIpc) is 2.97. The monoisotopic (exact) mass is 614 g/mol. The van der Waals surface area contributed by atoms with Gasteiger partial charge in [-0.05, 0) is 105 Å². The fourth-order valence-corrected chi connectivity index (χ4v) is 6.16. The zero-order valence-corrected chi connectivity index (χ0v) is 25.7. The van der Waals surface area contributed by atoms with Gasteiger partial charge in [0.2, 0.25) is 0 Å². The van der Waals surface area contributed by atoms with Crippen molar-refractivity contribution in [1.82, 2.24) is 9.55 Å². The molecule has 1 unspecified atom stereocenters. The molecule has 3 heterocycles. The third-order valence-electron chi connectivity index (χ3n) is 8.11. The van der Waals surface area contributed by atoms with Gasteiger partial charge in [0.1, 0.15) is 11.9 Å². The molecule has 2 aromatic heterocycles. The highest BCUT2D eigenvalue weighted by Gasteiger charge is 2.32. The summed E-state index contributed by atoms with van der Waals surface area (Å²) in [6, 6.07) is 15.7. The smallest absolute Gasteiger partial charge is 0.416 e. The van der Waals surface area contributed by atoms with E-state index < -0.39 is 23.4 Å². The quantitative estimate of drug-likeness (QED) is 0.194. The minimum absolute atomic E-state index is 0.0527. The van der Waals surface area contributed by atoms with Gasteiger partial charge in [-0.1, -0.05) is 12.1 Å². The standard InChI is InChI=1S/C36H33F3N2O4/c1-20-18-27-25(11-13-29(43)41(27)19-22-6-8-24(9-7-22)36(37,38)39)32(30(20)34(21(2)42)45-35(3,4)5)26-10-12-28-31-23(15-17-44-28)14-16-40-33(26)31/h6-14,16,18,34H,15,17,19H2,1-5H3. The molecule has 0 spiro atoms. The van der Waals surface area contributed by atoms with Gasteiger partial charge in [-0.25, -0.2) is 0 Å². The van der Waals surface area contributed by atoms with Crippen LogP contribution in [0.15, 0.2) is 71.7 Å². The first-order chi connectivity index (χ1) is 21.2. The Morgan fingerprint density at radius 2 is 1.78 bits per heavy atom. The Balaban J connectivity index is 1.66. The predicted octanol–water partition coefficient (Wildman–Crippen LogP) is 7.97. The van der Waals surface area contributed by atoms with Crippen LogP contribution in [0.5, 0.6) is 5.75 Å². The van der Waals surface area contributed by atoms with Crippen molar-refractivity contribution >= 4 is 27.6 Å². The Bertz CT molecular complexity index is 2010. The summed E-state index contributed by atoms with van der Waals surface area (Å²) >= 11 is 0. The second kappa shape index (κ2) is 11.1. The number of carbonyl (C=O) groups excluding carboxylic acids is 1. The van der Waals surface area contributed by atoms with E-state index in [1.165, 1.54) is 25.1 Å². The van der Waals surface area contributed by atoms with E-state index in [-0.39, 0.29) is 17.9 Å². The van der Waals surface area contributed by atoms with E-state index in [1.807, 2.05) is 52.0 Å². The number of rotatable bonds is 6. The molecular formula is C36H33F3N2O4. The normalized spacial score (nSPS) is 14.0. The lowest BCUT2D eigenvalue weighted by Crippen LogP contribution is -2.27. The van der Waals surface area contributed by atoms with E-state index in [4.69, 9.17) is 14.5 Å². The summed E-state index contributed by atoms with van der Waals surface area (Å²) in [6.07, 6.45) is -2.88. The van der Waals surface area contributed by atoms with Crippen molar-refractivity contribution in [3.8, 4) is 16.9 Å². The molecule has 0 fully saturated rings. The highest BCUT2D eigenvalue weighted by Crippen LogP contribution is 2.45. The molecule has 6 nitrogen and oxygen atoms in total. The molecule has 3 aromatic carbocycles. The number of Topliss-reactive ketones (excluding diaryl/α,β-unsaturated/α-hetero) is 1. The highest BCUT2D eigenvalue weighted by molar-refractivity contribution is 6.08. The number of halogens is 3. The number of alkyl halides is 3. The van der Waals surface area contributed by atoms with Crippen LogP contribution in [0, 0.1) is 6.92 Å². The molecule has 1 aliphatic heterocycles. The molecule has 0 bridgehead atoms. The first kappa shape index (κ1) is 30.5. The van der Waals surface area contributed by atoms with Crippen molar-refractivity contribution < 1.29 is 27.4 Å². The molecule has 0 saturated heterocycles. The summed E-state index contributed by atoms with van der Waals surface area (Å²) in [5, 5.41) is 1.58. The molecule has 0 amide bonds. The minimum atomic E-state index is -4.46. The molecule has 0 saturated carbocycles. The molecule has 1 atom stereocenters. The SMILES string of the molecule is CC(=O)C(OC(C)(C)C)c1c(C)cc2c(ccc(=O)n2Cc2ccc(C(F)(F)F)cc2)c1-c1ccc2c3c(ccnc13)CCO2. The Kier molecular flexibility index (Phi) is 7.56. The summed E-state index contributed by atoms with van der Waals surface area (Å²) in [4.78, 5) is 31.4. The van der Waals surface area contributed by atoms with Crippen LogP contribution in [0.3, 0.4) is 0 Å². The molecule has 9 heteroatoms. The third kappa shape index (κ3) is 5.73. The zero-order valence-electron chi connectivity index (χ0n) is 25.7. The summed E-state index contributed by atoms with van der Waals surface area (Å²) < 4.78 is 53.6. The number of hydrogen-bond acceptors (Lipinski definition) is 5. The Hall–Kier alpha value is -4.50. The largest absolute Gasteiger partial charge is 0.493 e. The molecular weight excluding hydrogens is 581 g/mol. The molecule has 6 rings (SSSR count). The van der Waals surface area contributed by atoms with Crippen molar-refractivity contribution in [2.24, 2.45) is 0 Å². The maximum atomic E-state index is 13.4. The van der Waals surface area contributed by atoms with Crippen molar-refractivity contribution in [1.29, 1.82) is 0 Å². The number of aryl methyl sites for hydroxylation is 1. The van der Waals surface area contributed by atoms with Crippen LogP contribution >= 0.6 is 0 Å². The molecule has 5 aromatic rings. The Morgan fingerprint density at radius 1 is 1.04 bits per heavy atom. The first-order valence-electron chi connectivity index (χ1n) is 14.8. The number of pyridine rings is 2. The number of fused-ring (bicyclic) bond motifs is 1. The van der Waals surface area contributed by atoms with Crippen molar-refractivity contribution in [3.05, 3.63) is 105 Å². The Morgan fingerprint density at radius 3 is 2.44 bits per heavy atom. The summed E-state index contributed by atoms with van der Waals surface area (Å²) in [5.74, 6) is 0.556. The van der Waals surface area contributed by atoms with Gasteiger partial charge >= 0.3 is 6.18 Å². The van der Waals surface area contributed by atoms with Crippen LogP contribution in [0.2, 0.25) is 0 Å². The zero-order chi connectivity index (χ0) is 32.3. The fourth-order valence-electron chi connectivity index (χ4n) is 6.16. The number of benzene rings is 3. The molecule has 232 valence electrons. The second-order valence-electron chi connectivity index (χ2n) is 12.5. The van der Waals surface area contributed by atoms with E-state index in [1.54, 1.807) is 16.8 Å². The van der Waals surface area contributed by atoms with Gasteiger partial charge in [0.15, 0.2) is 5.78 Å². The highest BCUT2D eigenvalue weighted by atomic mass is 19.4. The number of ketones is 1. The number of hydrogen-bond donors (Lipinski definition) is 0. The van der Waals surface area contributed by atoms with Crippen LogP contribution in [0.1, 0.15) is 61.6 Å². The van der Waals surface area contributed by atoms with Gasteiger partial charge in [0.25, 0.3) is 5.56 Å². The van der Waals surface area contributed by atoms with Gasteiger partial charge in [0.05, 0.1) is 35.3 Å². The van der Waals surface area contributed by atoms with Gasteiger partial charge in [-0.3, -0.25) is 14.6 Å². The minimum Gasteiger partial charge on any atom is -0.493 e. The number of carbonyl (C=O) groups is 1. The predicted molar refractivity (Wildman–Crippen MR) is 168 cm³/mol. The summed E-state index contributed by atoms with van der Waals surface area (Å²) in [5.41, 5.74) is 4.08. The van der Waals surface area contributed by atoms with Gasteiger partial charge in [-0.2, -0.15) is 13.2 Å². The Labute approximate surface area is 258 Å². The molecule has 0 aliphatic carbocycles. The fraction of sp³-hybridized carbons (Fsp3) is 0.306. The second-order valence-corrected chi connectivity index (χ2v) is 12.5. The number of aromatic nitrogens is 2. The number of ether oxygens (including phenoxy) is 2. The molecule has 45 heavy (non-hydrogen) atoms. The van der Waals surface area contributed by atoms with Crippen molar-refractivity contribution in [2.45, 2.75) is 65.5 Å². The maximum Gasteiger partial charge on any atom is 0.416 e. The molecule has 0 radical (unpaired) electrons. The lowest BCUT2D eigenvalue weighted by atomic mass is 9.85. The van der Waals surface area contributed by atoms with E-state index in [9.17, 15) is 22.8 Å². The van der Waals surface area contributed by atoms with E-state index in [2.05, 4.69) is 0 Å². The van der Waals surface area contributed by atoms with E-state index in [0.717, 1.165) is 46.4 Å².